The van der Waals surface area contributed by atoms with Crippen molar-refractivity contribution < 1.29 is 29.9 Å². The van der Waals surface area contributed by atoms with Gasteiger partial charge in [-0.25, -0.2) is 0 Å². The monoisotopic (exact) mass is 684 g/mol. The second-order valence-corrected chi connectivity index (χ2v) is 14.2. The molecule has 4 aromatic rings. The molecule has 2 aliphatic carbocycles. The molecule has 43 heavy (non-hydrogen) atoms. The Morgan fingerprint density at radius 3 is 1.70 bits per heavy atom. The molecule has 0 radical (unpaired) electrons. The smallest absolute Gasteiger partial charge is 0.130 e. The molecule has 0 unspecified atom stereocenters. The third-order valence-electron chi connectivity index (χ3n) is 8.78. The Kier molecular flexibility index (Phi) is 13.2. The minimum Gasteiger partial charge on any atom is -0.496 e. The largest absolute Gasteiger partial charge is 0.496 e. The van der Waals surface area contributed by atoms with Crippen molar-refractivity contribution in [2.75, 3.05) is 20.0 Å². The van der Waals surface area contributed by atoms with Crippen LogP contribution in [-0.2, 0) is 20.4 Å². The van der Waals surface area contributed by atoms with Crippen molar-refractivity contribution >= 4 is 18.9 Å². The van der Waals surface area contributed by atoms with Crippen molar-refractivity contribution in [3.63, 3.8) is 0 Å². The zero-order valence-electron chi connectivity index (χ0n) is 25.5. The first-order valence-corrected chi connectivity index (χ1v) is 17.1. The summed E-state index contributed by atoms with van der Waals surface area (Å²) < 4.78 is 11.6. The Morgan fingerprint density at radius 1 is 0.628 bits per heavy atom. The maximum absolute atomic E-state index is 5.83. The van der Waals surface area contributed by atoms with Gasteiger partial charge in [0.25, 0.3) is 0 Å². The molecule has 0 heterocycles. The summed E-state index contributed by atoms with van der Waals surface area (Å²) in [6.45, 7) is 0. The molecule has 2 aliphatic rings. The van der Waals surface area contributed by atoms with Gasteiger partial charge in [-0.3, -0.25) is 0 Å². The van der Waals surface area contributed by atoms with Crippen LogP contribution in [0.3, 0.4) is 0 Å². The van der Waals surface area contributed by atoms with E-state index in [0.717, 1.165) is 45.2 Å². The molecule has 2 N–H and O–H groups in total. The molecule has 2 saturated carbocycles. The fourth-order valence-electron chi connectivity index (χ4n) is 6.74. The number of nitrogens with two attached hydrogens (primary N) is 1. The topological polar surface area (TPSA) is 44.5 Å². The molecular formula is C38H45NO2PPd-. The summed E-state index contributed by atoms with van der Waals surface area (Å²) in [6, 6.07) is 34.1. The number of methoxy groups -OCH3 is 2. The van der Waals surface area contributed by atoms with E-state index in [1.54, 1.807) is 19.5 Å². The molecule has 0 bridgehead atoms. The molecule has 0 amide bonds. The van der Waals surface area contributed by atoms with E-state index in [1.807, 2.05) is 54.6 Å². The minimum absolute atomic E-state index is 0. The molecule has 5 heteroatoms. The van der Waals surface area contributed by atoms with Gasteiger partial charge in [-0.1, -0.05) is 101 Å². The zero-order valence-corrected chi connectivity index (χ0v) is 28.0. The van der Waals surface area contributed by atoms with Gasteiger partial charge in [0.2, 0.25) is 0 Å². The molecule has 6 rings (SSSR count). The number of nitrogen functional groups attached to an aromatic ring is 1. The van der Waals surface area contributed by atoms with E-state index < -0.39 is 0 Å². The maximum atomic E-state index is 5.83. The summed E-state index contributed by atoms with van der Waals surface area (Å²) in [6.07, 6.45) is 14.2. The second-order valence-electron chi connectivity index (χ2n) is 11.4. The normalized spacial score (nSPS) is 15.6. The SMILES string of the molecule is COc1cccc(OC)c1-c1ccccc1P(C1CCCCC1)C1CCCCC1.Nc1ccccc1-c1[c-]cccc1.[Pd]. The number of anilines is 1. The van der Waals surface area contributed by atoms with Crippen molar-refractivity contribution in [2.24, 2.45) is 0 Å². The van der Waals surface area contributed by atoms with Crippen LogP contribution < -0.4 is 20.5 Å². The van der Waals surface area contributed by atoms with E-state index in [4.69, 9.17) is 15.2 Å². The quantitative estimate of drug-likeness (QED) is 0.0912. The van der Waals surface area contributed by atoms with Crippen LogP contribution in [0.4, 0.5) is 5.69 Å². The van der Waals surface area contributed by atoms with Gasteiger partial charge in [-0.2, -0.15) is 0 Å². The number of para-hydroxylation sites is 1. The number of benzene rings is 4. The molecule has 0 atom stereocenters. The van der Waals surface area contributed by atoms with Crippen molar-refractivity contribution in [2.45, 2.75) is 75.5 Å². The summed E-state index contributed by atoms with van der Waals surface area (Å²) in [5.41, 5.74) is 12.9. The van der Waals surface area contributed by atoms with E-state index in [9.17, 15) is 0 Å². The molecule has 0 spiro atoms. The van der Waals surface area contributed by atoms with Crippen molar-refractivity contribution in [1.82, 2.24) is 0 Å². The second kappa shape index (κ2) is 17.0. The van der Waals surface area contributed by atoms with E-state index >= 15 is 0 Å². The van der Waals surface area contributed by atoms with Gasteiger partial charge >= 0.3 is 0 Å². The van der Waals surface area contributed by atoms with Crippen LogP contribution in [0.15, 0.2) is 91.0 Å². The molecule has 2 fully saturated rings. The average Bonchev–Trinajstić information content (AvgIpc) is 3.07. The Morgan fingerprint density at radius 2 is 1.16 bits per heavy atom. The summed E-state index contributed by atoms with van der Waals surface area (Å²) in [4.78, 5) is 0. The first kappa shape index (κ1) is 33.3. The van der Waals surface area contributed by atoms with Crippen LogP contribution in [-0.4, -0.2) is 25.5 Å². The third kappa shape index (κ3) is 8.30. The predicted octanol–water partition coefficient (Wildman–Crippen LogP) is 9.88. The van der Waals surface area contributed by atoms with Crippen molar-refractivity contribution in [3.05, 3.63) is 97.1 Å². The fourth-order valence-corrected chi connectivity index (χ4v) is 10.7. The number of hydrogen-bond donors (Lipinski definition) is 1. The van der Waals surface area contributed by atoms with Crippen LogP contribution in [0.25, 0.3) is 22.3 Å². The Bertz CT molecular complexity index is 1360. The molecule has 0 saturated heterocycles. The van der Waals surface area contributed by atoms with Crippen LogP contribution in [0.5, 0.6) is 11.5 Å². The predicted molar refractivity (Wildman–Crippen MR) is 180 cm³/mol. The molecular weight excluding hydrogens is 640 g/mol. The summed E-state index contributed by atoms with van der Waals surface area (Å²) in [5, 5.41) is 1.59. The van der Waals surface area contributed by atoms with E-state index in [2.05, 4.69) is 42.5 Å². The Hall–Kier alpha value is -2.63. The van der Waals surface area contributed by atoms with Gasteiger partial charge in [0, 0.05) is 20.4 Å². The van der Waals surface area contributed by atoms with E-state index in [-0.39, 0.29) is 28.3 Å². The van der Waals surface area contributed by atoms with Crippen molar-refractivity contribution in [1.29, 1.82) is 0 Å². The Balaban J connectivity index is 0.000000253. The molecule has 0 aliphatic heterocycles. The Labute approximate surface area is 274 Å². The average molecular weight is 685 g/mol. The van der Waals surface area contributed by atoms with Crippen LogP contribution in [0.1, 0.15) is 64.2 Å². The van der Waals surface area contributed by atoms with Gasteiger partial charge in [0.15, 0.2) is 0 Å². The van der Waals surface area contributed by atoms with Crippen molar-refractivity contribution in [3.8, 4) is 33.8 Å². The zero-order chi connectivity index (χ0) is 29.1. The fraction of sp³-hybridized carbons (Fsp3) is 0.368. The standard InChI is InChI=1S/C26H35O2P.C12H10N.Pd/c1-27-23-17-11-18-24(28-2)26(23)22-16-9-10-19-25(22)29(20-12-5-3-6-13-20)21-14-7-4-8-15-21;13-12-9-5-4-8-11(12)10-6-2-1-3-7-10;/h9-11,16-21H,3-8,12-15H2,1-2H3;1-6,8-9H,13H2;/q;-1;. The van der Waals surface area contributed by atoms with E-state index in [0.29, 0.717) is 0 Å². The van der Waals surface area contributed by atoms with E-state index in [1.165, 1.54) is 69.8 Å². The van der Waals surface area contributed by atoms with Gasteiger partial charge in [0.1, 0.15) is 11.5 Å². The summed E-state index contributed by atoms with van der Waals surface area (Å²) in [5.74, 6) is 1.83. The molecule has 230 valence electrons. The minimum atomic E-state index is -0.182. The van der Waals surface area contributed by atoms with Crippen LogP contribution in [0.2, 0.25) is 0 Å². The number of hydrogen-bond acceptors (Lipinski definition) is 3. The maximum Gasteiger partial charge on any atom is 0.130 e. The number of rotatable bonds is 7. The molecule has 0 aromatic heterocycles. The van der Waals surface area contributed by atoms with Crippen LogP contribution >= 0.6 is 7.92 Å². The van der Waals surface area contributed by atoms with Gasteiger partial charge in [0.05, 0.1) is 19.8 Å². The summed E-state index contributed by atoms with van der Waals surface area (Å²) in [7, 11) is 3.36. The van der Waals surface area contributed by atoms with Gasteiger partial charge in [-0.15, -0.1) is 35.9 Å². The van der Waals surface area contributed by atoms with Gasteiger partial charge in [-0.05, 0) is 71.8 Å². The third-order valence-corrected chi connectivity index (χ3v) is 12.3. The molecule has 3 nitrogen and oxygen atoms in total. The van der Waals surface area contributed by atoms with Crippen LogP contribution in [0, 0.1) is 6.07 Å². The first-order valence-electron chi connectivity index (χ1n) is 15.6. The first-order chi connectivity index (χ1) is 20.7. The molecule has 4 aromatic carbocycles. The number of ether oxygens (including phenoxy) is 2. The summed E-state index contributed by atoms with van der Waals surface area (Å²) >= 11 is 0. The van der Waals surface area contributed by atoms with Gasteiger partial charge < -0.3 is 15.2 Å².